The molecule has 0 bridgehead atoms. The van der Waals surface area contributed by atoms with E-state index in [9.17, 15) is 9.18 Å². The Morgan fingerprint density at radius 3 is 2.71 bits per heavy atom. The van der Waals surface area contributed by atoms with E-state index < -0.39 is 0 Å². The molecule has 4 nitrogen and oxygen atoms in total. The summed E-state index contributed by atoms with van der Waals surface area (Å²) in [6.45, 7) is 8.13. The topological polar surface area (TPSA) is 32.8 Å². The van der Waals surface area contributed by atoms with Crippen molar-refractivity contribution < 1.29 is 13.9 Å². The number of hydrogen-bond donors (Lipinski definition) is 0. The molecular formula is C19H27FN2O2. The van der Waals surface area contributed by atoms with Crippen LogP contribution in [0.3, 0.4) is 0 Å². The number of carbonyl (C=O) groups is 1. The van der Waals surface area contributed by atoms with Gasteiger partial charge in [-0.15, -0.1) is 0 Å². The van der Waals surface area contributed by atoms with Gasteiger partial charge in [0.2, 0.25) is 0 Å². The highest BCUT2D eigenvalue weighted by molar-refractivity contribution is 5.81. The van der Waals surface area contributed by atoms with Crippen LogP contribution in [0.1, 0.15) is 38.7 Å². The summed E-state index contributed by atoms with van der Waals surface area (Å²) in [6.07, 6.45) is 2.63. The number of nitrogens with zero attached hydrogens (tertiary/aromatic N) is 2. The van der Waals surface area contributed by atoms with Gasteiger partial charge in [0, 0.05) is 26.2 Å². The molecule has 2 heterocycles. The first-order valence-corrected chi connectivity index (χ1v) is 8.95. The fourth-order valence-corrected chi connectivity index (χ4v) is 3.92. The molecule has 2 aliphatic rings. The largest absolute Gasteiger partial charge is 0.360 e. The van der Waals surface area contributed by atoms with Crippen LogP contribution in [-0.2, 0) is 16.1 Å². The summed E-state index contributed by atoms with van der Waals surface area (Å²) < 4.78 is 19.2. The second kappa shape index (κ2) is 7.19. The lowest BCUT2D eigenvalue weighted by Crippen LogP contribution is -2.58. The van der Waals surface area contributed by atoms with E-state index in [2.05, 4.69) is 4.90 Å². The molecule has 5 heteroatoms. The molecule has 0 radical (unpaired) electrons. The third-order valence-corrected chi connectivity index (χ3v) is 5.26. The smallest absolute Gasteiger partial charge is 0.251 e. The quantitative estimate of drug-likeness (QED) is 0.852. The van der Waals surface area contributed by atoms with Crippen molar-refractivity contribution in [3.05, 3.63) is 35.6 Å². The van der Waals surface area contributed by atoms with E-state index in [1.807, 2.05) is 30.9 Å². The first kappa shape index (κ1) is 17.4. The van der Waals surface area contributed by atoms with Crippen LogP contribution in [0, 0.1) is 5.82 Å². The van der Waals surface area contributed by atoms with Crippen molar-refractivity contribution in [2.24, 2.45) is 0 Å². The molecule has 2 fully saturated rings. The molecule has 132 valence electrons. The zero-order valence-corrected chi connectivity index (χ0v) is 14.6. The van der Waals surface area contributed by atoms with Gasteiger partial charge in [-0.1, -0.05) is 12.1 Å². The van der Waals surface area contributed by atoms with Crippen LogP contribution in [0.25, 0.3) is 0 Å². The standard InChI is InChI=1S/C19H27FN2O2/c1-3-22-14-19(24-15(2)18(22)23)9-4-11-21(12-10-19)13-16-5-7-17(20)8-6-16/h5-8,15H,3-4,9-14H2,1-2H3/t15-,19+/m1/s1. The number of ether oxygens (including phenoxy) is 1. The molecule has 0 N–H and O–H groups in total. The number of morpholine rings is 1. The van der Waals surface area contributed by atoms with Crippen LogP contribution >= 0.6 is 0 Å². The Morgan fingerprint density at radius 2 is 2.00 bits per heavy atom. The first-order valence-electron chi connectivity index (χ1n) is 8.95. The molecule has 0 unspecified atom stereocenters. The molecule has 3 rings (SSSR count). The Morgan fingerprint density at radius 1 is 1.25 bits per heavy atom. The Labute approximate surface area is 143 Å². The normalized spacial score (nSPS) is 29.0. The van der Waals surface area contributed by atoms with Crippen molar-refractivity contribution in [2.75, 3.05) is 26.2 Å². The second-order valence-electron chi connectivity index (χ2n) is 7.05. The van der Waals surface area contributed by atoms with E-state index in [-0.39, 0.29) is 23.4 Å². The molecule has 0 aliphatic carbocycles. The highest BCUT2D eigenvalue weighted by atomic mass is 19.1. The van der Waals surface area contributed by atoms with E-state index in [0.29, 0.717) is 6.54 Å². The number of rotatable bonds is 3. The summed E-state index contributed by atoms with van der Waals surface area (Å²) in [5.74, 6) is -0.0852. The average molecular weight is 334 g/mol. The van der Waals surface area contributed by atoms with Gasteiger partial charge in [0.15, 0.2) is 0 Å². The van der Waals surface area contributed by atoms with Crippen molar-refractivity contribution in [1.82, 2.24) is 9.80 Å². The number of hydrogen-bond acceptors (Lipinski definition) is 3. The Bertz CT molecular complexity index is 577. The molecule has 1 spiro atoms. The molecule has 1 aromatic carbocycles. The maximum atomic E-state index is 13.0. The summed E-state index contributed by atoms with van der Waals surface area (Å²) in [5, 5.41) is 0. The van der Waals surface area contributed by atoms with Gasteiger partial charge in [-0.05, 0) is 57.4 Å². The van der Waals surface area contributed by atoms with Gasteiger partial charge in [0.05, 0.1) is 5.60 Å². The number of carbonyl (C=O) groups excluding carboxylic acids is 1. The minimum Gasteiger partial charge on any atom is -0.360 e. The third kappa shape index (κ3) is 3.78. The van der Waals surface area contributed by atoms with Crippen molar-refractivity contribution in [1.29, 1.82) is 0 Å². The van der Waals surface area contributed by atoms with Crippen molar-refractivity contribution in [2.45, 2.75) is 51.4 Å². The number of likely N-dealkylation sites (tertiary alicyclic amines) is 1. The highest BCUT2D eigenvalue weighted by Crippen LogP contribution is 2.33. The van der Waals surface area contributed by atoms with Crippen molar-refractivity contribution in [3.63, 3.8) is 0 Å². The van der Waals surface area contributed by atoms with Gasteiger partial charge in [-0.3, -0.25) is 9.69 Å². The van der Waals surface area contributed by atoms with E-state index in [1.54, 1.807) is 0 Å². The summed E-state index contributed by atoms with van der Waals surface area (Å²) in [4.78, 5) is 16.5. The van der Waals surface area contributed by atoms with Crippen LogP contribution in [0.2, 0.25) is 0 Å². The van der Waals surface area contributed by atoms with Gasteiger partial charge in [-0.25, -0.2) is 4.39 Å². The van der Waals surface area contributed by atoms with Crippen molar-refractivity contribution >= 4 is 5.91 Å². The average Bonchev–Trinajstić information content (AvgIpc) is 2.76. The van der Waals surface area contributed by atoms with Gasteiger partial charge >= 0.3 is 0 Å². The number of benzene rings is 1. The van der Waals surface area contributed by atoms with E-state index >= 15 is 0 Å². The Hall–Kier alpha value is -1.46. The number of amides is 1. The first-order chi connectivity index (χ1) is 11.5. The Kier molecular flexibility index (Phi) is 5.21. The van der Waals surface area contributed by atoms with Crippen molar-refractivity contribution in [3.8, 4) is 0 Å². The highest BCUT2D eigenvalue weighted by Gasteiger charge is 2.43. The van der Waals surface area contributed by atoms with Crippen LogP contribution in [-0.4, -0.2) is 53.6 Å². The lowest BCUT2D eigenvalue weighted by molar-refractivity contribution is -0.182. The monoisotopic (exact) mass is 334 g/mol. The second-order valence-corrected chi connectivity index (χ2v) is 7.05. The van der Waals surface area contributed by atoms with Crippen LogP contribution in [0.5, 0.6) is 0 Å². The SMILES string of the molecule is CCN1C[C@@]2(CCCN(Cc3ccc(F)cc3)CC2)O[C@H](C)C1=O. The van der Waals surface area contributed by atoms with Gasteiger partial charge < -0.3 is 9.64 Å². The van der Waals surface area contributed by atoms with Gasteiger partial charge in [-0.2, -0.15) is 0 Å². The lowest BCUT2D eigenvalue weighted by Gasteiger charge is -2.44. The summed E-state index contributed by atoms with van der Waals surface area (Å²) >= 11 is 0. The minimum atomic E-state index is -0.345. The molecule has 2 saturated heterocycles. The predicted molar refractivity (Wildman–Crippen MR) is 91.1 cm³/mol. The Balaban J connectivity index is 1.64. The minimum absolute atomic E-state index is 0.107. The molecule has 1 amide bonds. The zero-order valence-electron chi connectivity index (χ0n) is 14.6. The van der Waals surface area contributed by atoms with Gasteiger partial charge in [0.1, 0.15) is 11.9 Å². The fourth-order valence-electron chi connectivity index (χ4n) is 3.92. The van der Waals surface area contributed by atoms with Gasteiger partial charge in [0.25, 0.3) is 5.91 Å². The third-order valence-electron chi connectivity index (χ3n) is 5.26. The van der Waals surface area contributed by atoms with E-state index in [4.69, 9.17) is 4.74 Å². The molecule has 1 aromatic rings. The molecular weight excluding hydrogens is 307 g/mol. The predicted octanol–water partition coefficient (Wildman–Crippen LogP) is 2.82. The summed E-state index contributed by atoms with van der Waals surface area (Å²) in [5.41, 5.74) is 0.927. The lowest BCUT2D eigenvalue weighted by atomic mass is 9.91. The van der Waals surface area contributed by atoms with E-state index in [1.165, 1.54) is 12.1 Å². The fraction of sp³-hybridized carbons (Fsp3) is 0.632. The molecule has 2 atom stereocenters. The molecule has 0 aromatic heterocycles. The maximum Gasteiger partial charge on any atom is 0.251 e. The van der Waals surface area contributed by atoms with Crippen LogP contribution in [0.15, 0.2) is 24.3 Å². The molecule has 2 aliphatic heterocycles. The zero-order chi connectivity index (χ0) is 17.2. The summed E-state index contributed by atoms with van der Waals surface area (Å²) in [7, 11) is 0. The number of halogens is 1. The number of likely N-dealkylation sites (N-methyl/N-ethyl adjacent to an activating group) is 1. The van der Waals surface area contributed by atoms with Crippen LogP contribution in [0.4, 0.5) is 4.39 Å². The molecule has 0 saturated carbocycles. The molecule has 24 heavy (non-hydrogen) atoms. The maximum absolute atomic E-state index is 13.0. The van der Waals surface area contributed by atoms with Crippen LogP contribution < -0.4 is 0 Å². The summed E-state index contributed by atoms with van der Waals surface area (Å²) in [6, 6.07) is 6.75. The van der Waals surface area contributed by atoms with E-state index in [0.717, 1.165) is 51.0 Å².